The van der Waals surface area contributed by atoms with Crippen LogP contribution in [-0.4, -0.2) is 20.4 Å². The van der Waals surface area contributed by atoms with E-state index in [1.54, 1.807) is 6.92 Å². The Labute approximate surface area is 123 Å². The highest BCUT2D eigenvalue weighted by molar-refractivity contribution is 5.90. The number of hydrogen-bond acceptors (Lipinski definition) is 5. The van der Waals surface area contributed by atoms with Gasteiger partial charge in [0.25, 0.3) is 11.2 Å². The van der Waals surface area contributed by atoms with E-state index in [0.717, 1.165) is 10.6 Å². The van der Waals surface area contributed by atoms with E-state index in [-0.39, 0.29) is 17.9 Å². The van der Waals surface area contributed by atoms with Crippen molar-refractivity contribution in [2.45, 2.75) is 13.5 Å². The number of carbonyl (C=O) groups is 1. The number of aromatic amines is 1. The largest absolute Gasteiger partial charge is 0.328 e. The summed E-state index contributed by atoms with van der Waals surface area (Å²) in [7, 11) is 0. The number of benzene rings is 1. The number of hydrogen-bond donors (Lipinski definition) is 2. The van der Waals surface area contributed by atoms with Crippen LogP contribution < -0.4 is 16.6 Å². The number of nitro groups is 1. The summed E-state index contributed by atoms with van der Waals surface area (Å²) in [5.74, 6) is -0.549. The lowest BCUT2D eigenvalue weighted by Gasteiger charge is -2.07. The fourth-order valence-electron chi connectivity index (χ4n) is 1.81. The Morgan fingerprint density at radius 1 is 1.36 bits per heavy atom. The Balaban J connectivity index is 2.15. The zero-order chi connectivity index (χ0) is 16.3. The highest BCUT2D eigenvalue weighted by Gasteiger charge is 2.12. The minimum atomic E-state index is -0.711. The predicted octanol–water partition coefficient (Wildman–Crippen LogP) is 0.392. The normalized spacial score (nSPS) is 10.2. The molecule has 0 aliphatic heterocycles. The quantitative estimate of drug-likeness (QED) is 0.624. The van der Waals surface area contributed by atoms with Crippen molar-refractivity contribution in [3.63, 3.8) is 0 Å². The standard InChI is InChI=1S/C13H12N4O5/c1-8-2-3-9(6-10(8)17(21)22)14-12(19)7-16-5-4-11(18)15-13(16)20/h2-6H,7H2,1H3,(H,14,19)(H,15,18,20). The number of aromatic nitrogens is 2. The van der Waals surface area contributed by atoms with Crippen molar-refractivity contribution in [1.82, 2.24) is 9.55 Å². The molecule has 1 heterocycles. The van der Waals surface area contributed by atoms with E-state index < -0.39 is 22.1 Å². The molecule has 1 aromatic carbocycles. The second-order valence-corrected chi connectivity index (χ2v) is 4.54. The van der Waals surface area contributed by atoms with Crippen LogP contribution in [0.1, 0.15) is 5.56 Å². The Bertz CT molecular complexity index is 852. The van der Waals surface area contributed by atoms with E-state index in [9.17, 15) is 24.5 Å². The summed E-state index contributed by atoms with van der Waals surface area (Å²) in [5, 5.41) is 13.3. The van der Waals surface area contributed by atoms with Gasteiger partial charge in [0.2, 0.25) is 5.91 Å². The third-order valence-corrected chi connectivity index (χ3v) is 2.90. The molecule has 2 N–H and O–H groups in total. The summed E-state index contributed by atoms with van der Waals surface area (Å²) >= 11 is 0. The van der Waals surface area contributed by atoms with Crippen LogP contribution in [0.25, 0.3) is 0 Å². The molecule has 0 saturated heterocycles. The van der Waals surface area contributed by atoms with E-state index in [1.165, 1.54) is 24.4 Å². The van der Waals surface area contributed by atoms with Gasteiger partial charge >= 0.3 is 5.69 Å². The molecular weight excluding hydrogens is 292 g/mol. The maximum Gasteiger partial charge on any atom is 0.328 e. The molecule has 9 nitrogen and oxygen atoms in total. The van der Waals surface area contributed by atoms with E-state index in [2.05, 4.69) is 5.32 Å². The van der Waals surface area contributed by atoms with Crippen molar-refractivity contribution in [2.75, 3.05) is 5.32 Å². The topological polar surface area (TPSA) is 127 Å². The molecule has 0 aliphatic carbocycles. The first-order chi connectivity index (χ1) is 10.4. The van der Waals surface area contributed by atoms with Crippen LogP contribution in [-0.2, 0) is 11.3 Å². The number of carbonyl (C=O) groups excluding carboxylic acids is 1. The van der Waals surface area contributed by atoms with Gasteiger partial charge in [0.05, 0.1) is 4.92 Å². The highest BCUT2D eigenvalue weighted by Crippen LogP contribution is 2.22. The van der Waals surface area contributed by atoms with Gasteiger partial charge in [0.1, 0.15) is 6.54 Å². The average molecular weight is 304 g/mol. The molecule has 9 heteroatoms. The number of amides is 1. The molecule has 0 atom stereocenters. The lowest BCUT2D eigenvalue weighted by atomic mass is 10.2. The smallest absolute Gasteiger partial charge is 0.324 e. The van der Waals surface area contributed by atoms with Gasteiger partial charge in [0.15, 0.2) is 0 Å². The number of anilines is 1. The molecule has 0 spiro atoms. The van der Waals surface area contributed by atoms with Gasteiger partial charge in [-0.1, -0.05) is 6.07 Å². The molecule has 0 fully saturated rings. The third-order valence-electron chi connectivity index (χ3n) is 2.90. The van der Waals surface area contributed by atoms with E-state index in [4.69, 9.17) is 0 Å². The molecule has 0 unspecified atom stereocenters. The second-order valence-electron chi connectivity index (χ2n) is 4.54. The van der Waals surface area contributed by atoms with Gasteiger partial charge < -0.3 is 5.32 Å². The maximum atomic E-state index is 11.9. The lowest BCUT2D eigenvalue weighted by Crippen LogP contribution is -2.32. The minimum absolute atomic E-state index is 0.112. The van der Waals surface area contributed by atoms with Crippen molar-refractivity contribution in [3.8, 4) is 0 Å². The molecule has 0 bridgehead atoms. The van der Waals surface area contributed by atoms with Crippen molar-refractivity contribution in [2.24, 2.45) is 0 Å². The monoisotopic (exact) mass is 304 g/mol. The lowest BCUT2D eigenvalue weighted by molar-refractivity contribution is -0.385. The first kappa shape index (κ1) is 15.2. The number of H-pyrrole nitrogens is 1. The minimum Gasteiger partial charge on any atom is -0.324 e. The zero-order valence-corrected chi connectivity index (χ0v) is 11.5. The van der Waals surface area contributed by atoms with Crippen LogP contribution in [0.2, 0.25) is 0 Å². The third kappa shape index (κ3) is 3.45. The van der Waals surface area contributed by atoms with Crippen molar-refractivity contribution < 1.29 is 9.72 Å². The molecule has 2 rings (SSSR count). The predicted molar refractivity (Wildman–Crippen MR) is 77.8 cm³/mol. The molecule has 114 valence electrons. The number of nitrogens with one attached hydrogen (secondary N) is 2. The van der Waals surface area contributed by atoms with Crippen molar-refractivity contribution in [1.29, 1.82) is 0 Å². The van der Waals surface area contributed by atoms with Gasteiger partial charge in [0, 0.05) is 29.6 Å². The Morgan fingerprint density at radius 2 is 2.09 bits per heavy atom. The maximum absolute atomic E-state index is 11.9. The first-order valence-corrected chi connectivity index (χ1v) is 6.21. The van der Waals surface area contributed by atoms with Gasteiger partial charge in [-0.05, 0) is 13.0 Å². The molecule has 2 aromatic rings. The van der Waals surface area contributed by atoms with Gasteiger partial charge in [-0.15, -0.1) is 0 Å². The average Bonchev–Trinajstić information content (AvgIpc) is 2.44. The van der Waals surface area contributed by atoms with Crippen LogP contribution in [0, 0.1) is 17.0 Å². The first-order valence-electron chi connectivity index (χ1n) is 6.21. The molecule has 0 aliphatic rings. The zero-order valence-electron chi connectivity index (χ0n) is 11.5. The van der Waals surface area contributed by atoms with E-state index in [1.807, 2.05) is 4.98 Å². The van der Waals surface area contributed by atoms with Gasteiger partial charge in [-0.3, -0.25) is 29.3 Å². The van der Waals surface area contributed by atoms with E-state index in [0.29, 0.717) is 5.56 Å². The number of rotatable bonds is 4. The van der Waals surface area contributed by atoms with Crippen LogP contribution in [0.3, 0.4) is 0 Å². The second kappa shape index (κ2) is 6.04. The highest BCUT2D eigenvalue weighted by atomic mass is 16.6. The Morgan fingerprint density at radius 3 is 2.73 bits per heavy atom. The summed E-state index contributed by atoms with van der Waals surface area (Å²) in [4.78, 5) is 46.5. The Kier molecular flexibility index (Phi) is 4.16. The van der Waals surface area contributed by atoms with Crippen LogP contribution in [0.5, 0.6) is 0 Å². The Hall–Kier alpha value is -3.23. The van der Waals surface area contributed by atoms with Crippen LogP contribution >= 0.6 is 0 Å². The number of nitrogens with zero attached hydrogens (tertiary/aromatic N) is 2. The number of nitro benzene ring substituents is 1. The molecular formula is C13H12N4O5. The fourth-order valence-corrected chi connectivity index (χ4v) is 1.81. The molecule has 1 aromatic heterocycles. The SMILES string of the molecule is Cc1ccc(NC(=O)Cn2ccc(=O)[nH]c2=O)cc1[N+](=O)[O-]. The summed E-state index contributed by atoms with van der Waals surface area (Å²) in [6.07, 6.45) is 1.19. The summed E-state index contributed by atoms with van der Waals surface area (Å²) < 4.78 is 1.01. The van der Waals surface area contributed by atoms with Gasteiger partial charge in [-0.2, -0.15) is 0 Å². The van der Waals surface area contributed by atoms with Crippen molar-refractivity contribution in [3.05, 3.63) is 67.0 Å². The summed E-state index contributed by atoms with van der Waals surface area (Å²) in [6, 6.07) is 5.39. The molecule has 0 radical (unpaired) electrons. The fraction of sp³-hybridized carbons (Fsp3) is 0.154. The molecule has 1 amide bonds. The molecule has 0 saturated carbocycles. The summed E-state index contributed by atoms with van der Waals surface area (Å²) in [6.45, 7) is 1.26. The van der Waals surface area contributed by atoms with Crippen molar-refractivity contribution >= 4 is 17.3 Å². The summed E-state index contributed by atoms with van der Waals surface area (Å²) in [5.41, 5.74) is -0.660. The van der Waals surface area contributed by atoms with E-state index >= 15 is 0 Å². The van der Waals surface area contributed by atoms with Crippen LogP contribution in [0.15, 0.2) is 40.1 Å². The van der Waals surface area contributed by atoms with Crippen LogP contribution in [0.4, 0.5) is 11.4 Å². The van der Waals surface area contributed by atoms with Gasteiger partial charge in [-0.25, -0.2) is 4.79 Å². The molecule has 22 heavy (non-hydrogen) atoms. The number of aryl methyl sites for hydroxylation is 1.